The molecular formula is C9H14N4O. The van der Waals surface area contributed by atoms with E-state index in [0.29, 0.717) is 0 Å². The van der Waals surface area contributed by atoms with Gasteiger partial charge in [-0.2, -0.15) is 0 Å². The van der Waals surface area contributed by atoms with Crippen LogP contribution in [-0.4, -0.2) is 42.3 Å². The number of hydrogen-bond donors (Lipinski definition) is 2. The smallest absolute Gasteiger partial charge is 0.144 e. The lowest BCUT2D eigenvalue weighted by Gasteiger charge is -2.18. The number of methoxy groups -OCH3 is 1. The number of nitrogens with one attached hydrogen (secondary N) is 2. The van der Waals surface area contributed by atoms with Gasteiger partial charge >= 0.3 is 0 Å². The summed E-state index contributed by atoms with van der Waals surface area (Å²) in [5, 5.41) is 6.54. The third-order valence-electron chi connectivity index (χ3n) is 2.36. The Hall–Kier alpha value is -1.20. The van der Waals surface area contributed by atoms with E-state index in [-0.39, 0.29) is 12.1 Å². The lowest BCUT2D eigenvalue weighted by molar-refractivity contribution is 0.111. The minimum Gasteiger partial charge on any atom is -0.378 e. The Morgan fingerprint density at radius 1 is 1.50 bits per heavy atom. The van der Waals surface area contributed by atoms with Crippen molar-refractivity contribution in [3.63, 3.8) is 0 Å². The summed E-state index contributed by atoms with van der Waals surface area (Å²) in [6.45, 7) is 1.78. The maximum Gasteiger partial charge on any atom is 0.144 e. The Balaban J connectivity index is 1.97. The molecule has 1 aliphatic heterocycles. The van der Waals surface area contributed by atoms with Crippen LogP contribution in [0.5, 0.6) is 0 Å². The van der Waals surface area contributed by atoms with Gasteiger partial charge in [0.05, 0.1) is 18.3 Å². The first kappa shape index (κ1) is 9.36. The number of aromatic nitrogens is 2. The highest BCUT2D eigenvalue weighted by molar-refractivity contribution is 5.32. The number of nitrogens with zero attached hydrogens (tertiary/aromatic N) is 2. The summed E-state index contributed by atoms with van der Waals surface area (Å²) in [5.74, 6) is 0.795. The molecule has 1 fully saturated rings. The van der Waals surface area contributed by atoms with Gasteiger partial charge < -0.3 is 15.4 Å². The molecule has 1 saturated heterocycles. The fourth-order valence-corrected chi connectivity index (χ4v) is 1.61. The molecule has 14 heavy (non-hydrogen) atoms. The average Bonchev–Trinajstić information content (AvgIpc) is 2.67. The van der Waals surface area contributed by atoms with E-state index in [1.54, 1.807) is 25.7 Å². The zero-order valence-corrected chi connectivity index (χ0v) is 8.10. The number of ether oxygens (including phenoxy) is 1. The molecule has 1 aliphatic rings. The largest absolute Gasteiger partial charge is 0.378 e. The van der Waals surface area contributed by atoms with E-state index in [0.717, 1.165) is 18.9 Å². The van der Waals surface area contributed by atoms with E-state index in [4.69, 9.17) is 4.74 Å². The fourth-order valence-electron chi connectivity index (χ4n) is 1.61. The van der Waals surface area contributed by atoms with Crippen molar-refractivity contribution in [3.05, 3.63) is 18.6 Å². The first-order valence-electron chi connectivity index (χ1n) is 4.66. The van der Waals surface area contributed by atoms with E-state index in [1.165, 1.54) is 0 Å². The first-order valence-corrected chi connectivity index (χ1v) is 4.66. The summed E-state index contributed by atoms with van der Waals surface area (Å²) >= 11 is 0. The molecule has 2 rings (SSSR count). The van der Waals surface area contributed by atoms with Crippen molar-refractivity contribution in [2.75, 3.05) is 25.5 Å². The van der Waals surface area contributed by atoms with Crippen LogP contribution in [-0.2, 0) is 4.74 Å². The lowest BCUT2D eigenvalue weighted by Crippen LogP contribution is -2.33. The highest BCUT2D eigenvalue weighted by atomic mass is 16.5. The van der Waals surface area contributed by atoms with Gasteiger partial charge in [-0.1, -0.05) is 0 Å². The molecule has 2 heterocycles. The van der Waals surface area contributed by atoms with Crippen molar-refractivity contribution in [3.8, 4) is 0 Å². The lowest BCUT2D eigenvalue weighted by atomic mass is 10.2. The van der Waals surface area contributed by atoms with E-state index in [1.807, 2.05) is 0 Å². The van der Waals surface area contributed by atoms with Gasteiger partial charge in [0.15, 0.2) is 0 Å². The van der Waals surface area contributed by atoms with Crippen molar-refractivity contribution in [1.29, 1.82) is 0 Å². The Labute approximate surface area is 82.9 Å². The molecule has 76 valence electrons. The first-order chi connectivity index (χ1) is 6.90. The van der Waals surface area contributed by atoms with Crippen molar-refractivity contribution < 1.29 is 4.74 Å². The Kier molecular flexibility index (Phi) is 2.90. The van der Waals surface area contributed by atoms with Crippen LogP contribution in [0.15, 0.2) is 18.6 Å². The van der Waals surface area contributed by atoms with Gasteiger partial charge in [0.2, 0.25) is 0 Å². The van der Waals surface area contributed by atoms with Gasteiger partial charge in [0.1, 0.15) is 5.82 Å². The summed E-state index contributed by atoms with van der Waals surface area (Å²) in [6, 6.07) is 0.275. The molecule has 2 atom stereocenters. The minimum atomic E-state index is 0.206. The SMILES string of the molecule is CO[C@H]1CNCC1Nc1cnccn1. The van der Waals surface area contributed by atoms with Crippen LogP contribution in [0, 0.1) is 0 Å². The van der Waals surface area contributed by atoms with Crippen LogP contribution < -0.4 is 10.6 Å². The quantitative estimate of drug-likeness (QED) is 0.702. The summed E-state index contributed by atoms with van der Waals surface area (Å²) in [5.41, 5.74) is 0. The topological polar surface area (TPSA) is 59.1 Å². The van der Waals surface area contributed by atoms with Gasteiger partial charge in [-0.15, -0.1) is 0 Å². The minimum absolute atomic E-state index is 0.206. The molecule has 1 aromatic heterocycles. The van der Waals surface area contributed by atoms with E-state index < -0.39 is 0 Å². The Morgan fingerprint density at radius 3 is 3.14 bits per heavy atom. The summed E-state index contributed by atoms with van der Waals surface area (Å²) < 4.78 is 5.32. The zero-order valence-electron chi connectivity index (χ0n) is 8.10. The fraction of sp³-hybridized carbons (Fsp3) is 0.556. The van der Waals surface area contributed by atoms with Crippen LogP contribution in [0.3, 0.4) is 0 Å². The number of anilines is 1. The predicted octanol–water partition coefficient (Wildman–Crippen LogP) is -0.125. The van der Waals surface area contributed by atoms with Gasteiger partial charge in [-0.05, 0) is 0 Å². The van der Waals surface area contributed by atoms with E-state index in [2.05, 4.69) is 20.6 Å². The summed E-state index contributed by atoms with van der Waals surface area (Å²) in [6.07, 6.45) is 5.25. The highest BCUT2D eigenvalue weighted by Crippen LogP contribution is 2.09. The standard InChI is InChI=1S/C9H14N4O/c1-14-8-5-11-4-7(8)13-9-6-10-2-3-12-9/h2-3,6-8,11H,4-5H2,1H3,(H,12,13)/t7?,8-/m0/s1. The molecule has 0 radical (unpaired) electrons. The van der Waals surface area contributed by atoms with E-state index in [9.17, 15) is 0 Å². The van der Waals surface area contributed by atoms with Crippen LogP contribution in [0.1, 0.15) is 0 Å². The molecule has 0 aliphatic carbocycles. The maximum atomic E-state index is 5.32. The van der Waals surface area contributed by atoms with Crippen LogP contribution >= 0.6 is 0 Å². The molecule has 5 nitrogen and oxygen atoms in total. The molecule has 0 bridgehead atoms. The second-order valence-corrected chi connectivity index (χ2v) is 3.27. The molecule has 0 aromatic carbocycles. The second-order valence-electron chi connectivity index (χ2n) is 3.27. The monoisotopic (exact) mass is 194 g/mol. The molecule has 5 heteroatoms. The molecule has 0 saturated carbocycles. The number of rotatable bonds is 3. The van der Waals surface area contributed by atoms with Gasteiger partial charge in [0.25, 0.3) is 0 Å². The molecule has 1 aromatic rings. The van der Waals surface area contributed by atoms with Gasteiger partial charge in [-0.25, -0.2) is 4.98 Å². The second kappa shape index (κ2) is 4.34. The predicted molar refractivity (Wildman–Crippen MR) is 53.1 cm³/mol. The molecule has 0 amide bonds. The average molecular weight is 194 g/mol. The third kappa shape index (κ3) is 2.00. The summed E-state index contributed by atoms with van der Waals surface area (Å²) in [7, 11) is 1.73. The van der Waals surface area contributed by atoms with Crippen LogP contribution in [0.25, 0.3) is 0 Å². The normalized spacial score (nSPS) is 26.4. The van der Waals surface area contributed by atoms with Gasteiger partial charge in [0, 0.05) is 32.6 Å². The number of hydrogen-bond acceptors (Lipinski definition) is 5. The zero-order chi connectivity index (χ0) is 9.80. The molecule has 1 unspecified atom stereocenters. The van der Waals surface area contributed by atoms with Crippen LogP contribution in [0.4, 0.5) is 5.82 Å². The summed E-state index contributed by atoms with van der Waals surface area (Å²) in [4.78, 5) is 8.15. The molecule has 0 spiro atoms. The molecular weight excluding hydrogens is 180 g/mol. The Bertz CT molecular complexity index is 279. The van der Waals surface area contributed by atoms with Gasteiger partial charge in [-0.3, -0.25) is 4.98 Å². The molecule has 2 N–H and O–H groups in total. The van der Waals surface area contributed by atoms with Crippen molar-refractivity contribution in [1.82, 2.24) is 15.3 Å². The van der Waals surface area contributed by atoms with Crippen molar-refractivity contribution >= 4 is 5.82 Å². The van der Waals surface area contributed by atoms with Crippen molar-refractivity contribution in [2.45, 2.75) is 12.1 Å². The highest BCUT2D eigenvalue weighted by Gasteiger charge is 2.26. The van der Waals surface area contributed by atoms with E-state index >= 15 is 0 Å². The van der Waals surface area contributed by atoms with Crippen molar-refractivity contribution in [2.24, 2.45) is 0 Å². The van der Waals surface area contributed by atoms with Crippen LogP contribution in [0.2, 0.25) is 0 Å². The maximum absolute atomic E-state index is 5.32. The Morgan fingerprint density at radius 2 is 2.43 bits per heavy atom. The third-order valence-corrected chi connectivity index (χ3v) is 2.36.